The largest absolute Gasteiger partial charge is 0.501 e. The topological polar surface area (TPSA) is 77.1 Å². The first kappa shape index (κ1) is 17.3. The van der Waals surface area contributed by atoms with E-state index >= 15 is 0 Å². The van der Waals surface area contributed by atoms with E-state index in [4.69, 9.17) is 4.74 Å². The number of ether oxygens (including phenoxy) is 1. The minimum atomic E-state index is -0.778. The van der Waals surface area contributed by atoms with Gasteiger partial charge in [0.15, 0.2) is 5.78 Å². The van der Waals surface area contributed by atoms with Crippen LogP contribution in [0.5, 0.6) is 0 Å². The van der Waals surface area contributed by atoms with Crippen LogP contribution >= 0.6 is 15.9 Å². The Balaban J connectivity index is 1.81. The quantitative estimate of drug-likeness (QED) is 0.711. The molecule has 0 radical (unpaired) electrons. The lowest BCUT2D eigenvalue weighted by molar-refractivity contribution is 0.0596. The van der Waals surface area contributed by atoms with Crippen LogP contribution in [-0.2, 0) is 4.74 Å². The van der Waals surface area contributed by atoms with E-state index in [0.29, 0.717) is 24.8 Å². The molecule has 132 valence electrons. The molecule has 0 amide bonds. The Labute approximate surface area is 161 Å². The molecule has 5 nitrogen and oxygen atoms in total. The predicted molar refractivity (Wildman–Crippen MR) is 97.8 cm³/mol. The van der Waals surface area contributed by atoms with Crippen molar-refractivity contribution in [2.45, 2.75) is 36.9 Å². The van der Waals surface area contributed by atoms with Gasteiger partial charge in [0.05, 0.1) is 42.4 Å². The van der Waals surface area contributed by atoms with Crippen LogP contribution in [0, 0.1) is 34.5 Å². The van der Waals surface area contributed by atoms with Crippen molar-refractivity contribution in [3.8, 4) is 12.1 Å². The Morgan fingerprint density at radius 2 is 1.88 bits per heavy atom. The summed E-state index contributed by atoms with van der Waals surface area (Å²) in [5, 5.41) is 19.4. The van der Waals surface area contributed by atoms with Crippen LogP contribution in [-0.4, -0.2) is 35.4 Å². The molecule has 0 spiro atoms. The molecule has 4 rings (SSSR count). The third kappa shape index (κ3) is 2.33. The summed E-state index contributed by atoms with van der Waals surface area (Å²) in [6.07, 6.45) is 3.52. The zero-order valence-electron chi connectivity index (χ0n) is 14.4. The standard InChI is InChI=1S/C20H18BrN3O2/c1-26-16-6-17-13(10-22)8-20(9-14(11-23)18(7-16)24(17)20)19(25)12-2-4-15(21)5-3-12/h2-6,13-14,17-18H,7-9H2,1H3/t13-,14-,17+,18+,20?/m1/s1. The molecule has 5 atom stereocenters. The molecule has 1 aromatic carbocycles. The highest BCUT2D eigenvalue weighted by Crippen LogP contribution is 2.55. The number of ketones is 1. The molecule has 3 aliphatic rings. The second kappa shape index (κ2) is 6.23. The third-order valence-corrected chi connectivity index (χ3v) is 6.58. The lowest BCUT2D eigenvalue weighted by Crippen LogP contribution is -2.53. The first-order valence-electron chi connectivity index (χ1n) is 8.67. The summed E-state index contributed by atoms with van der Waals surface area (Å²) in [5.41, 5.74) is -0.149. The highest BCUT2D eigenvalue weighted by molar-refractivity contribution is 9.10. The fourth-order valence-corrected chi connectivity index (χ4v) is 5.23. The summed E-state index contributed by atoms with van der Waals surface area (Å²) in [5.74, 6) is 0.313. The van der Waals surface area contributed by atoms with Crippen LogP contribution in [0.25, 0.3) is 0 Å². The monoisotopic (exact) mass is 411 g/mol. The van der Waals surface area contributed by atoms with E-state index < -0.39 is 5.54 Å². The number of carbonyl (C=O) groups excluding carboxylic acids is 1. The van der Waals surface area contributed by atoms with Crippen molar-refractivity contribution in [1.29, 1.82) is 10.5 Å². The highest BCUT2D eigenvalue weighted by Gasteiger charge is 2.65. The summed E-state index contributed by atoms with van der Waals surface area (Å²) in [4.78, 5) is 15.7. The van der Waals surface area contributed by atoms with Gasteiger partial charge in [-0.2, -0.15) is 10.5 Å². The maximum absolute atomic E-state index is 13.5. The van der Waals surface area contributed by atoms with E-state index in [-0.39, 0.29) is 29.7 Å². The first-order valence-corrected chi connectivity index (χ1v) is 9.46. The number of carbonyl (C=O) groups is 1. The summed E-state index contributed by atoms with van der Waals surface area (Å²) in [7, 11) is 1.62. The van der Waals surface area contributed by atoms with Crippen molar-refractivity contribution in [3.05, 3.63) is 46.1 Å². The molecule has 2 saturated heterocycles. The SMILES string of the molecule is COC1=C[C@H]2[C@@H](C#N)CC3(C(=O)c4ccc(Br)cc4)C[C@H](C#N)[C@H](C1)N23. The van der Waals surface area contributed by atoms with Gasteiger partial charge in [-0.25, -0.2) is 0 Å². The Bertz CT molecular complexity index is 867. The van der Waals surface area contributed by atoms with Crippen LogP contribution in [0.2, 0.25) is 0 Å². The molecule has 3 heterocycles. The summed E-state index contributed by atoms with van der Waals surface area (Å²) in [6.45, 7) is 0. The van der Waals surface area contributed by atoms with Crippen molar-refractivity contribution < 1.29 is 9.53 Å². The molecule has 1 aromatic rings. The van der Waals surface area contributed by atoms with E-state index in [1.807, 2.05) is 30.3 Å². The zero-order chi connectivity index (χ0) is 18.5. The molecular formula is C20H18BrN3O2. The van der Waals surface area contributed by atoms with Crippen LogP contribution < -0.4 is 0 Å². The molecule has 6 heteroatoms. The Morgan fingerprint density at radius 3 is 2.50 bits per heavy atom. The maximum Gasteiger partial charge on any atom is 0.183 e. The van der Waals surface area contributed by atoms with Crippen molar-refractivity contribution in [3.63, 3.8) is 0 Å². The minimum Gasteiger partial charge on any atom is -0.501 e. The Hall–Kier alpha value is -2.15. The molecule has 0 aliphatic carbocycles. The number of hydrogen-bond donors (Lipinski definition) is 0. The number of hydrogen-bond acceptors (Lipinski definition) is 5. The van der Waals surface area contributed by atoms with Gasteiger partial charge in [-0.1, -0.05) is 28.1 Å². The van der Waals surface area contributed by atoms with E-state index in [9.17, 15) is 15.3 Å². The van der Waals surface area contributed by atoms with Crippen LogP contribution in [0.4, 0.5) is 0 Å². The smallest absolute Gasteiger partial charge is 0.183 e. The van der Waals surface area contributed by atoms with Gasteiger partial charge in [0.1, 0.15) is 0 Å². The van der Waals surface area contributed by atoms with Crippen molar-refractivity contribution in [1.82, 2.24) is 4.90 Å². The maximum atomic E-state index is 13.5. The number of nitriles is 2. The first-order chi connectivity index (χ1) is 12.5. The summed E-state index contributed by atoms with van der Waals surface area (Å²) in [6, 6.07) is 11.9. The van der Waals surface area contributed by atoms with Gasteiger partial charge in [0.2, 0.25) is 0 Å². The van der Waals surface area contributed by atoms with Crippen LogP contribution in [0.3, 0.4) is 0 Å². The van der Waals surface area contributed by atoms with Crippen molar-refractivity contribution in [2.75, 3.05) is 7.11 Å². The van der Waals surface area contributed by atoms with Crippen LogP contribution in [0.15, 0.2) is 40.6 Å². The molecule has 0 N–H and O–H groups in total. The summed E-state index contributed by atoms with van der Waals surface area (Å²) < 4.78 is 6.36. The second-order valence-electron chi connectivity index (χ2n) is 7.25. The number of halogens is 1. The predicted octanol–water partition coefficient (Wildman–Crippen LogP) is 3.43. The summed E-state index contributed by atoms with van der Waals surface area (Å²) >= 11 is 3.40. The van der Waals surface area contributed by atoms with E-state index in [1.54, 1.807) is 7.11 Å². The van der Waals surface area contributed by atoms with Gasteiger partial charge in [-0.3, -0.25) is 9.69 Å². The molecule has 0 saturated carbocycles. The molecule has 26 heavy (non-hydrogen) atoms. The molecule has 1 unspecified atom stereocenters. The van der Waals surface area contributed by atoms with Gasteiger partial charge in [0.25, 0.3) is 0 Å². The van der Waals surface area contributed by atoms with Crippen LogP contribution in [0.1, 0.15) is 29.6 Å². The van der Waals surface area contributed by atoms with Crippen molar-refractivity contribution in [2.24, 2.45) is 11.8 Å². The van der Waals surface area contributed by atoms with E-state index in [2.05, 4.69) is 33.0 Å². The lowest BCUT2D eigenvalue weighted by atomic mass is 9.80. The van der Waals surface area contributed by atoms with Gasteiger partial charge in [0, 0.05) is 28.5 Å². The molecule has 3 aliphatic heterocycles. The Kier molecular flexibility index (Phi) is 4.14. The average molecular weight is 412 g/mol. The molecular weight excluding hydrogens is 394 g/mol. The molecule has 0 aromatic heterocycles. The van der Waals surface area contributed by atoms with Gasteiger partial charge < -0.3 is 4.74 Å². The number of Topliss-reactive ketones (excluding diaryl/α,β-unsaturated/α-hetero) is 1. The van der Waals surface area contributed by atoms with E-state index in [0.717, 1.165) is 10.2 Å². The minimum absolute atomic E-state index is 0.0183. The molecule has 2 fully saturated rings. The van der Waals surface area contributed by atoms with Gasteiger partial charge >= 0.3 is 0 Å². The third-order valence-electron chi connectivity index (χ3n) is 6.05. The normalized spacial score (nSPS) is 35.2. The number of rotatable bonds is 3. The number of benzene rings is 1. The zero-order valence-corrected chi connectivity index (χ0v) is 15.9. The fourth-order valence-electron chi connectivity index (χ4n) is 4.97. The highest BCUT2D eigenvalue weighted by atomic mass is 79.9. The van der Waals surface area contributed by atoms with Gasteiger partial charge in [-0.05, 0) is 31.1 Å². The number of nitrogens with zero attached hydrogens (tertiary/aromatic N) is 3. The van der Waals surface area contributed by atoms with Gasteiger partial charge in [-0.15, -0.1) is 0 Å². The second-order valence-corrected chi connectivity index (χ2v) is 8.17. The van der Waals surface area contributed by atoms with Crippen molar-refractivity contribution >= 4 is 21.7 Å². The Morgan fingerprint density at radius 1 is 1.23 bits per heavy atom. The molecule has 0 bridgehead atoms. The average Bonchev–Trinajstić information content (AvgIpc) is 3.17. The lowest BCUT2D eigenvalue weighted by Gasteiger charge is -2.39. The fraction of sp³-hybridized carbons (Fsp3) is 0.450. The number of methoxy groups -OCH3 is 1. The van der Waals surface area contributed by atoms with E-state index in [1.165, 1.54) is 0 Å².